The van der Waals surface area contributed by atoms with E-state index in [1.54, 1.807) is 0 Å². The van der Waals surface area contributed by atoms with Gasteiger partial charge < -0.3 is 14.5 Å². The van der Waals surface area contributed by atoms with Crippen LogP contribution >= 0.6 is 0 Å². The number of ether oxygens (including phenoxy) is 2. The lowest BCUT2D eigenvalue weighted by atomic mass is 10.4. The molecule has 0 rings (SSSR count). The molecule has 0 spiro atoms. The van der Waals surface area contributed by atoms with Crippen molar-refractivity contribution in [3.63, 3.8) is 0 Å². The Morgan fingerprint density at radius 2 is 1.82 bits per heavy atom. The quantitative estimate of drug-likeness (QED) is 0.426. The van der Waals surface area contributed by atoms with Crippen molar-refractivity contribution in [3.05, 3.63) is 0 Å². The first-order chi connectivity index (χ1) is 5.35. The summed E-state index contributed by atoms with van der Waals surface area (Å²) in [5, 5.41) is 0. The zero-order valence-corrected chi connectivity index (χ0v) is 9.72. The third-order valence-electron chi connectivity index (χ3n) is 1.34. The minimum atomic E-state index is -0.00792. The lowest BCUT2D eigenvalue weighted by Gasteiger charge is -2.16. The first-order valence-corrected chi connectivity index (χ1v) is 5.22. The zero-order valence-electron chi connectivity index (χ0n) is 7.72. The molecule has 0 aliphatic carbocycles. The van der Waals surface area contributed by atoms with Crippen LogP contribution in [0, 0.1) is 0 Å². The lowest BCUT2D eigenvalue weighted by molar-refractivity contribution is -0.138. The van der Waals surface area contributed by atoms with Gasteiger partial charge in [-0.15, -0.1) is 0 Å². The Labute approximate surface area is 72.0 Å². The van der Waals surface area contributed by atoms with Crippen LogP contribution < -0.4 is 4.98 Å². The first-order valence-electron chi connectivity index (χ1n) is 4.22. The molecule has 11 heavy (non-hydrogen) atoms. The van der Waals surface area contributed by atoms with Crippen LogP contribution in [0.5, 0.6) is 0 Å². The van der Waals surface area contributed by atoms with Crippen LogP contribution in [-0.4, -0.2) is 36.5 Å². The Morgan fingerprint density at radius 3 is 2.18 bits per heavy atom. The summed E-state index contributed by atoms with van der Waals surface area (Å²) in [6.07, 6.45) is 0.942. The van der Waals surface area contributed by atoms with E-state index in [1.165, 1.54) is 0 Å². The van der Waals surface area contributed by atoms with Crippen molar-refractivity contribution in [1.29, 1.82) is 0 Å². The smallest absolute Gasteiger partial charge is 0.158 e. The van der Waals surface area contributed by atoms with E-state index in [0.717, 1.165) is 36.6 Å². The summed E-state index contributed by atoms with van der Waals surface area (Å²) >= 11 is 0. The van der Waals surface area contributed by atoms with E-state index in [-0.39, 0.29) is 6.29 Å². The van der Waals surface area contributed by atoms with Crippen LogP contribution in [-0.2, 0) is 9.47 Å². The van der Waals surface area contributed by atoms with Gasteiger partial charge in [0.05, 0.1) is 10.4 Å². The molecule has 0 aliphatic rings. The molecule has 0 saturated carbocycles. The molecule has 0 saturated heterocycles. The summed E-state index contributed by atoms with van der Waals surface area (Å²) in [6.45, 7) is 6.43. The van der Waals surface area contributed by atoms with Crippen LogP contribution in [0.2, 0.25) is 0 Å². The van der Waals surface area contributed by atoms with Gasteiger partial charge in [0.25, 0.3) is 0 Å². The Balaban J connectivity index is 3.34. The summed E-state index contributed by atoms with van der Waals surface area (Å²) in [6, 6.07) is 0. The molecule has 1 N–H and O–H groups in total. The first kappa shape index (κ1) is 11.1. The van der Waals surface area contributed by atoms with Crippen molar-refractivity contribution in [3.8, 4) is 0 Å². The van der Waals surface area contributed by atoms with Crippen molar-refractivity contribution in [2.75, 3.05) is 19.8 Å². The second kappa shape index (κ2) is 8.20. The minimum Gasteiger partial charge on any atom is -0.353 e. The molecule has 0 amide bonds. The highest BCUT2D eigenvalue weighted by atomic mass is 28.2. The predicted molar refractivity (Wildman–Crippen MR) is 49.6 cm³/mol. The van der Waals surface area contributed by atoms with Crippen molar-refractivity contribution in [2.45, 2.75) is 26.6 Å². The normalized spacial score (nSPS) is 11.2. The van der Waals surface area contributed by atoms with Crippen molar-refractivity contribution >= 4 is 10.4 Å². The van der Waals surface area contributed by atoms with E-state index in [1.807, 2.05) is 13.8 Å². The highest BCUT2D eigenvalue weighted by molar-refractivity contribution is 6.04. The summed E-state index contributed by atoms with van der Waals surface area (Å²) in [5.41, 5.74) is 0. The van der Waals surface area contributed by atoms with E-state index in [4.69, 9.17) is 9.47 Å². The number of nitrogens with one attached hydrogen (secondary N) is 1. The summed E-state index contributed by atoms with van der Waals surface area (Å²) in [4.78, 5) is 3.19. The largest absolute Gasteiger partial charge is 0.353 e. The molecular weight excluding hydrogens is 158 g/mol. The van der Waals surface area contributed by atoms with Crippen LogP contribution in [0.15, 0.2) is 0 Å². The maximum absolute atomic E-state index is 5.34. The summed E-state index contributed by atoms with van der Waals surface area (Å²) < 4.78 is 10.7. The SMILES string of the molecule is CCOC(CCN[SiH3])OCC. The summed E-state index contributed by atoms with van der Waals surface area (Å²) in [5.74, 6) is 0. The van der Waals surface area contributed by atoms with Gasteiger partial charge in [0.2, 0.25) is 0 Å². The van der Waals surface area contributed by atoms with Gasteiger partial charge in [-0.2, -0.15) is 0 Å². The fraction of sp³-hybridized carbons (Fsp3) is 1.00. The Morgan fingerprint density at radius 1 is 1.27 bits per heavy atom. The standard InChI is InChI=1S/C7H19NO2Si/c1-3-9-7(10-4-2)5-6-8-11/h7-8H,3-6H2,1-2,11H3. The lowest BCUT2D eigenvalue weighted by Crippen LogP contribution is -2.23. The minimum absolute atomic E-state index is 0.00792. The van der Waals surface area contributed by atoms with Gasteiger partial charge in [-0.3, -0.25) is 0 Å². The van der Waals surface area contributed by atoms with Crippen LogP contribution in [0.4, 0.5) is 0 Å². The Bertz CT molecular complexity index is 76.8. The molecule has 0 unspecified atom stereocenters. The van der Waals surface area contributed by atoms with Gasteiger partial charge in [-0.1, -0.05) is 0 Å². The van der Waals surface area contributed by atoms with Gasteiger partial charge >= 0.3 is 0 Å². The molecule has 0 atom stereocenters. The molecule has 0 fully saturated rings. The number of hydrogen-bond acceptors (Lipinski definition) is 3. The second-order valence-corrected chi connectivity index (χ2v) is 2.94. The molecule has 3 nitrogen and oxygen atoms in total. The highest BCUT2D eigenvalue weighted by Crippen LogP contribution is 1.98. The average molecular weight is 177 g/mol. The van der Waals surface area contributed by atoms with Crippen LogP contribution in [0.3, 0.4) is 0 Å². The zero-order chi connectivity index (χ0) is 8.53. The number of hydrogen-bond donors (Lipinski definition) is 1. The fourth-order valence-electron chi connectivity index (χ4n) is 0.849. The molecule has 0 radical (unpaired) electrons. The third kappa shape index (κ3) is 6.49. The van der Waals surface area contributed by atoms with Crippen LogP contribution in [0.1, 0.15) is 20.3 Å². The molecule has 0 aromatic carbocycles. The van der Waals surface area contributed by atoms with E-state index in [0.29, 0.717) is 0 Å². The Hall–Kier alpha value is 0.0969. The second-order valence-electron chi connectivity index (χ2n) is 2.23. The molecule has 0 bridgehead atoms. The molecule has 0 aromatic rings. The maximum atomic E-state index is 5.34. The molecular formula is C7H19NO2Si. The van der Waals surface area contributed by atoms with Crippen molar-refractivity contribution in [1.82, 2.24) is 4.98 Å². The van der Waals surface area contributed by atoms with Gasteiger partial charge in [-0.25, -0.2) is 0 Å². The van der Waals surface area contributed by atoms with Crippen LogP contribution in [0.25, 0.3) is 0 Å². The molecule has 68 valence electrons. The Kier molecular flexibility index (Phi) is 8.27. The monoisotopic (exact) mass is 177 g/mol. The van der Waals surface area contributed by atoms with E-state index < -0.39 is 0 Å². The molecule has 4 heteroatoms. The highest BCUT2D eigenvalue weighted by Gasteiger charge is 2.05. The molecule has 0 aromatic heterocycles. The van der Waals surface area contributed by atoms with E-state index in [2.05, 4.69) is 4.98 Å². The fourth-order valence-corrected chi connectivity index (χ4v) is 1.14. The van der Waals surface area contributed by atoms with Crippen molar-refractivity contribution < 1.29 is 9.47 Å². The van der Waals surface area contributed by atoms with Gasteiger partial charge in [-0.05, 0) is 20.4 Å². The third-order valence-corrected chi connectivity index (χ3v) is 1.84. The van der Waals surface area contributed by atoms with E-state index >= 15 is 0 Å². The predicted octanol–water partition coefficient (Wildman–Crippen LogP) is -0.354. The van der Waals surface area contributed by atoms with Gasteiger partial charge in [0.15, 0.2) is 6.29 Å². The molecule has 0 heterocycles. The maximum Gasteiger partial charge on any atom is 0.158 e. The topological polar surface area (TPSA) is 30.5 Å². The number of rotatable bonds is 7. The van der Waals surface area contributed by atoms with Gasteiger partial charge in [0.1, 0.15) is 0 Å². The molecule has 0 aliphatic heterocycles. The van der Waals surface area contributed by atoms with E-state index in [9.17, 15) is 0 Å². The van der Waals surface area contributed by atoms with Crippen molar-refractivity contribution in [2.24, 2.45) is 0 Å². The summed E-state index contributed by atoms with van der Waals surface area (Å²) in [7, 11) is 1.04. The average Bonchev–Trinajstić information content (AvgIpc) is 2.01. The van der Waals surface area contributed by atoms with Gasteiger partial charge in [0, 0.05) is 19.6 Å².